The van der Waals surface area contributed by atoms with E-state index >= 15 is 0 Å². The SMILES string of the molecule is COc1ccccc1OCCN1C(=O)[C@]2(SC(NC(C)=O)=NN2C(C)=O)c2cc(Cl)ccc21. The van der Waals surface area contributed by atoms with E-state index in [0.717, 1.165) is 16.8 Å². The minimum Gasteiger partial charge on any atom is -0.493 e. The van der Waals surface area contributed by atoms with E-state index in [1.54, 1.807) is 37.4 Å². The van der Waals surface area contributed by atoms with Gasteiger partial charge in [0.2, 0.25) is 16.7 Å². The first-order valence-corrected chi connectivity index (χ1v) is 11.2. The van der Waals surface area contributed by atoms with Crippen molar-refractivity contribution in [2.75, 3.05) is 25.2 Å². The van der Waals surface area contributed by atoms with Gasteiger partial charge in [0.1, 0.15) is 6.61 Å². The number of halogens is 1. The molecule has 33 heavy (non-hydrogen) atoms. The maximum atomic E-state index is 13.8. The van der Waals surface area contributed by atoms with Crippen molar-refractivity contribution in [2.24, 2.45) is 5.10 Å². The topological polar surface area (TPSA) is 101 Å². The Labute approximate surface area is 199 Å². The second kappa shape index (κ2) is 8.95. The second-order valence-corrected chi connectivity index (χ2v) is 8.90. The zero-order chi connectivity index (χ0) is 23.8. The third kappa shape index (κ3) is 4.00. The maximum absolute atomic E-state index is 13.8. The molecule has 1 atom stereocenters. The minimum atomic E-state index is -1.51. The number of anilines is 1. The van der Waals surface area contributed by atoms with Crippen LogP contribution in [0.2, 0.25) is 5.02 Å². The number of ether oxygens (including phenoxy) is 2. The Morgan fingerprint density at radius 2 is 1.91 bits per heavy atom. The van der Waals surface area contributed by atoms with Crippen molar-refractivity contribution in [1.29, 1.82) is 0 Å². The smallest absolute Gasteiger partial charge is 0.270 e. The second-order valence-electron chi connectivity index (χ2n) is 7.28. The van der Waals surface area contributed by atoms with Gasteiger partial charge in [-0.3, -0.25) is 14.4 Å². The Morgan fingerprint density at radius 3 is 2.58 bits per heavy atom. The van der Waals surface area contributed by atoms with E-state index in [9.17, 15) is 14.4 Å². The molecule has 0 saturated heterocycles. The number of fused-ring (bicyclic) bond motifs is 2. The van der Waals surface area contributed by atoms with Crippen LogP contribution >= 0.6 is 23.4 Å². The van der Waals surface area contributed by atoms with Crippen LogP contribution in [-0.4, -0.2) is 48.2 Å². The summed E-state index contributed by atoms with van der Waals surface area (Å²) in [5.41, 5.74) is 1.10. The summed E-state index contributed by atoms with van der Waals surface area (Å²) in [6.07, 6.45) is 0. The monoisotopic (exact) mass is 488 g/mol. The molecule has 172 valence electrons. The van der Waals surface area contributed by atoms with Crippen LogP contribution in [0.4, 0.5) is 5.69 Å². The van der Waals surface area contributed by atoms with E-state index in [2.05, 4.69) is 10.4 Å². The molecule has 3 amide bonds. The number of hydrazone groups is 1. The Balaban J connectivity index is 1.66. The number of nitrogens with zero attached hydrogens (tertiary/aromatic N) is 3. The van der Waals surface area contributed by atoms with Crippen LogP contribution in [0.15, 0.2) is 47.6 Å². The predicted octanol–water partition coefficient (Wildman–Crippen LogP) is 2.93. The predicted molar refractivity (Wildman–Crippen MR) is 125 cm³/mol. The number of hydrogen-bond acceptors (Lipinski definition) is 7. The molecular weight excluding hydrogens is 468 g/mol. The number of amidine groups is 1. The lowest BCUT2D eigenvalue weighted by molar-refractivity contribution is -0.139. The van der Waals surface area contributed by atoms with Gasteiger partial charge in [-0.05, 0) is 42.1 Å². The average Bonchev–Trinajstić information content (AvgIpc) is 3.26. The Morgan fingerprint density at radius 1 is 1.18 bits per heavy atom. The summed E-state index contributed by atoms with van der Waals surface area (Å²) in [5.74, 6) is -0.0616. The van der Waals surface area contributed by atoms with Crippen molar-refractivity contribution in [3.8, 4) is 11.5 Å². The van der Waals surface area contributed by atoms with Gasteiger partial charge in [-0.15, -0.1) is 5.10 Å². The van der Waals surface area contributed by atoms with E-state index in [-0.39, 0.29) is 30.1 Å². The number of nitrogens with one attached hydrogen (secondary N) is 1. The fourth-order valence-electron chi connectivity index (χ4n) is 3.79. The van der Waals surface area contributed by atoms with Gasteiger partial charge in [0.05, 0.1) is 19.3 Å². The highest BCUT2D eigenvalue weighted by Crippen LogP contribution is 2.54. The first-order chi connectivity index (χ1) is 15.8. The number of amides is 3. The molecule has 0 aliphatic carbocycles. The molecule has 4 rings (SSSR count). The molecule has 0 saturated carbocycles. The number of carbonyl (C=O) groups excluding carboxylic acids is 3. The van der Waals surface area contributed by atoms with Crippen LogP contribution in [0, 0.1) is 0 Å². The highest BCUT2D eigenvalue weighted by Gasteiger charge is 2.61. The number of hydrogen-bond donors (Lipinski definition) is 1. The molecule has 9 nitrogen and oxygen atoms in total. The average molecular weight is 489 g/mol. The molecule has 0 bridgehead atoms. The van der Waals surface area contributed by atoms with E-state index in [0.29, 0.717) is 27.8 Å². The molecule has 2 aromatic carbocycles. The number of carbonyl (C=O) groups is 3. The quantitative estimate of drug-likeness (QED) is 0.694. The van der Waals surface area contributed by atoms with Gasteiger partial charge in [-0.25, -0.2) is 0 Å². The zero-order valence-electron chi connectivity index (χ0n) is 18.1. The molecule has 2 heterocycles. The maximum Gasteiger partial charge on any atom is 0.270 e. The molecule has 2 aliphatic heterocycles. The standard InChI is InChI=1S/C22H21ClN4O5S/c1-13(28)24-21-25-27(14(2)29)22(33-21)16-12-15(23)8-9-17(16)26(20(22)30)10-11-32-19-7-5-4-6-18(19)31-3/h4-9,12H,10-11H2,1-3H3,(H,24,25,28)/t22-/m1/s1. The van der Waals surface area contributed by atoms with Crippen LogP contribution in [0.1, 0.15) is 19.4 Å². The van der Waals surface area contributed by atoms with Crippen molar-refractivity contribution in [3.05, 3.63) is 53.1 Å². The van der Waals surface area contributed by atoms with Crippen molar-refractivity contribution >= 4 is 51.9 Å². The van der Waals surface area contributed by atoms with E-state index < -0.39 is 10.8 Å². The van der Waals surface area contributed by atoms with Crippen molar-refractivity contribution in [1.82, 2.24) is 10.3 Å². The summed E-state index contributed by atoms with van der Waals surface area (Å²) in [6.45, 7) is 3.02. The Kier molecular flexibility index (Phi) is 6.22. The number of rotatable bonds is 5. The van der Waals surface area contributed by atoms with Gasteiger partial charge in [-0.1, -0.05) is 23.7 Å². The summed E-state index contributed by atoms with van der Waals surface area (Å²) in [7, 11) is 1.55. The highest BCUT2D eigenvalue weighted by molar-refractivity contribution is 8.15. The van der Waals surface area contributed by atoms with Crippen molar-refractivity contribution in [3.63, 3.8) is 0 Å². The molecule has 0 aromatic heterocycles. The van der Waals surface area contributed by atoms with Gasteiger partial charge in [0, 0.05) is 24.4 Å². The molecule has 1 spiro atoms. The van der Waals surface area contributed by atoms with Gasteiger partial charge in [0.15, 0.2) is 16.7 Å². The van der Waals surface area contributed by atoms with Gasteiger partial charge in [-0.2, -0.15) is 5.01 Å². The molecule has 11 heteroatoms. The summed E-state index contributed by atoms with van der Waals surface area (Å²) in [6, 6.07) is 12.3. The van der Waals surface area contributed by atoms with E-state index in [1.165, 1.54) is 18.7 Å². The molecule has 1 N–H and O–H groups in total. The van der Waals surface area contributed by atoms with E-state index in [4.69, 9.17) is 21.1 Å². The van der Waals surface area contributed by atoms with E-state index in [1.807, 2.05) is 12.1 Å². The molecule has 2 aliphatic rings. The molecule has 0 radical (unpaired) electrons. The van der Waals surface area contributed by atoms with Crippen molar-refractivity contribution < 1.29 is 23.9 Å². The molecular formula is C22H21ClN4O5S. The Hall–Kier alpha value is -3.24. The first kappa shape index (κ1) is 22.9. The van der Waals surface area contributed by atoms with Gasteiger partial charge < -0.3 is 19.7 Å². The van der Waals surface area contributed by atoms with Crippen LogP contribution < -0.4 is 19.7 Å². The third-order valence-electron chi connectivity index (χ3n) is 5.11. The minimum absolute atomic E-state index is 0.157. The lowest BCUT2D eigenvalue weighted by atomic mass is 10.1. The third-order valence-corrected chi connectivity index (χ3v) is 6.58. The summed E-state index contributed by atoms with van der Waals surface area (Å²) < 4.78 is 11.2. The molecule has 0 fully saturated rings. The van der Waals surface area contributed by atoms with Gasteiger partial charge in [0.25, 0.3) is 5.91 Å². The van der Waals surface area contributed by atoms with Crippen LogP contribution in [0.3, 0.4) is 0 Å². The highest BCUT2D eigenvalue weighted by atomic mass is 35.5. The number of methoxy groups -OCH3 is 1. The number of para-hydroxylation sites is 2. The lowest BCUT2D eigenvalue weighted by Crippen LogP contribution is -2.49. The lowest BCUT2D eigenvalue weighted by Gasteiger charge is -2.29. The number of thioether (sulfide) groups is 1. The van der Waals surface area contributed by atoms with Crippen LogP contribution in [0.5, 0.6) is 11.5 Å². The zero-order valence-corrected chi connectivity index (χ0v) is 19.7. The largest absolute Gasteiger partial charge is 0.493 e. The normalized spacial score (nSPS) is 18.9. The Bertz CT molecular complexity index is 1170. The molecule has 2 aromatic rings. The molecule has 0 unspecified atom stereocenters. The van der Waals surface area contributed by atoms with Crippen LogP contribution in [0.25, 0.3) is 0 Å². The summed E-state index contributed by atoms with van der Waals surface area (Å²) in [5, 5.41) is 8.46. The van der Waals surface area contributed by atoms with Gasteiger partial charge >= 0.3 is 0 Å². The fraction of sp³-hybridized carbons (Fsp3) is 0.273. The summed E-state index contributed by atoms with van der Waals surface area (Å²) in [4.78, 5) is 38.0. The first-order valence-electron chi connectivity index (χ1n) is 10.0. The summed E-state index contributed by atoms with van der Waals surface area (Å²) >= 11 is 7.25. The number of benzene rings is 2. The van der Waals surface area contributed by atoms with Crippen molar-refractivity contribution in [2.45, 2.75) is 18.7 Å². The fourth-order valence-corrected chi connectivity index (χ4v) is 5.29. The van der Waals surface area contributed by atoms with Crippen LogP contribution in [-0.2, 0) is 19.3 Å².